The van der Waals surface area contributed by atoms with Crippen LogP contribution in [0.5, 0.6) is 11.5 Å². The molecule has 18 heteroatoms. The summed E-state index contributed by atoms with van der Waals surface area (Å²) in [6.45, 7) is 61.7. The predicted molar refractivity (Wildman–Crippen MR) is 485 cm³/mol. The fraction of sp³-hybridized carbons (Fsp3) is 0.716. The second kappa shape index (κ2) is 78.9. The Morgan fingerprint density at radius 3 is 0.962 bits per heavy atom. The molecule has 1 spiro atoms. The third kappa shape index (κ3) is 90.4. The monoisotopic (exact) mass is 1590 g/mol. The lowest BCUT2D eigenvalue weighted by Crippen LogP contribution is -2.52. The third-order valence-electron chi connectivity index (χ3n) is 12.1. The van der Waals surface area contributed by atoms with E-state index in [-0.39, 0.29) is 158 Å². The molecule has 6 rings (SSSR count). The molecule has 2 fully saturated rings. The smallest absolute Gasteiger partial charge is 0.305 e. The van der Waals surface area contributed by atoms with E-state index in [9.17, 15) is 24.0 Å². The Hall–Kier alpha value is -4.24. The Balaban J connectivity index is -0.0000000466. The van der Waals surface area contributed by atoms with E-state index >= 15 is 0 Å². The number of Topliss-reactive ketones (excluding diaryl/α,β-unsaturated/α-hetero) is 3. The molecule has 2 aliphatic heterocycles. The average molecular weight is 1600 g/mol. The third-order valence-corrected chi connectivity index (χ3v) is 20.7. The molecule has 106 heavy (non-hydrogen) atoms. The van der Waals surface area contributed by atoms with Gasteiger partial charge >= 0.3 is 11.9 Å². The van der Waals surface area contributed by atoms with Crippen molar-refractivity contribution in [2.45, 2.75) is 364 Å². The second-order valence-corrected chi connectivity index (χ2v) is 38.7. The van der Waals surface area contributed by atoms with Gasteiger partial charge in [0.05, 0.1) is 52.5 Å². The fourth-order valence-electron chi connectivity index (χ4n) is 6.89. The minimum atomic E-state index is -1.27. The summed E-state index contributed by atoms with van der Waals surface area (Å²) >= 11 is 10.5. The van der Waals surface area contributed by atoms with E-state index in [0.717, 1.165) is 35.5 Å². The normalized spacial score (nSPS) is 14.4. The minimum Gasteiger partial charge on any atom is -0.497 e. The molecule has 644 valence electrons. The van der Waals surface area contributed by atoms with Crippen molar-refractivity contribution in [3.05, 3.63) is 106 Å². The van der Waals surface area contributed by atoms with Gasteiger partial charge in [0, 0.05) is 25.8 Å². The van der Waals surface area contributed by atoms with Gasteiger partial charge in [0.25, 0.3) is 0 Å². The lowest BCUT2D eigenvalue weighted by atomic mass is 9.87. The number of benzene rings is 3. The second-order valence-electron chi connectivity index (χ2n) is 28.5. The summed E-state index contributed by atoms with van der Waals surface area (Å²) in [7, 11) is 0.737. The molecule has 0 radical (unpaired) electrons. The van der Waals surface area contributed by atoms with Gasteiger partial charge in [-0.15, -0.1) is 0 Å². The molecule has 3 aliphatic rings. The number of esters is 2. The molecule has 2 heterocycles. The standard InChI is InChI=1S/C11H20O4.C11H12O.C10H14.C8H10O2.C8H22OSi2.C5H8O4.C5H8O2.2C5H12.C4H6Cl2.C2H6.14CH4/c1-3-9-12-5-11(6-13-9)7-14-10(4-2)15-8-11;1-11(2)7-10(12)8-5-3-4-6-9(8)11;1-10(2,3)9-7-5-4-6-8-9;1-9-7-3-5-8(10-2)6-4-7;1-7-10(3,4)9-11(5,6)8-2;1-4(6)8-3-9-5(2)7;1-4(6)3-5(2)7;2*1-5(2,3)4;1-3(2)4(5)6;1-2;;;;;;;;;;;;;;/h9-10H,3-8H2,1-2H3;3-6H,7H2,1-2H3;4-8H,1-3H3;3-6H,1-2H3;7-8H2,1-6H3;3H2,1-2H3;3H2,1-2H3;2*1-4H3;1-2H3;1-2H3;14*1H4. The van der Waals surface area contributed by atoms with Crippen LogP contribution >= 0.6 is 23.2 Å². The zero-order chi connectivity index (χ0) is 72.9. The zero-order valence-electron chi connectivity index (χ0n) is 63.4. The number of carbonyl (C=O) groups excluding carboxylic acids is 5. The van der Waals surface area contributed by atoms with Crippen LogP contribution in [0.2, 0.25) is 38.3 Å². The molecule has 2 saturated heterocycles. The summed E-state index contributed by atoms with van der Waals surface area (Å²) in [4.78, 5) is 51.6. The van der Waals surface area contributed by atoms with Crippen molar-refractivity contribution in [2.24, 2.45) is 16.2 Å². The highest BCUT2D eigenvalue weighted by atomic mass is 35.5. The number of methoxy groups -OCH3 is 2. The molecule has 14 nitrogen and oxygen atoms in total. The van der Waals surface area contributed by atoms with Gasteiger partial charge in [-0.2, -0.15) is 0 Å². The maximum absolute atomic E-state index is 11.5. The van der Waals surface area contributed by atoms with Crippen molar-refractivity contribution in [3.8, 4) is 11.5 Å². The Morgan fingerprint density at radius 1 is 0.491 bits per heavy atom. The molecule has 1 aliphatic carbocycles. The summed E-state index contributed by atoms with van der Waals surface area (Å²) in [5, 5.41) is 0. The summed E-state index contributed by atoms with van der Waals surface area (Å²) in [5.41, 5.74) is 5.75. The molecule has 0 aromatic heterocycles. The lowest BCUT2D eigenvalue weighted by Gasteiger charge is -2.43. The van der Waals surface area contributed by atoms with Gasteiger partial charge in [-0.25, -0.2) is 0 Å². The maximum Gasteiger partial charge on any atom is 0.305 e. The van der Waals surface area contributed by atoms with Crippen LogP contribution in [-0.2, 0) is 62.5 Å². The van der Waals surface area contributed by atoms with E-state index in [1.807, 2.05) is 70.2 Å². The Bertz CT molecular complexity index is 2330. The molecule has 0 atom stereocenters. The Labute approximate surface area is 676 Å². The number of hydrogen-bond acceptors (Lipinski definition) is 14. The van der Waals surface area contributed by atoms with Crippen molar-refractivity contribution in [3.63, 3.8) is 0 Å². The zero-order valence-corrected chi connectivity index (χ0v) is 66.9. The number of carbonyl (C=O) groups is 5. The van der Waals surface area contributed by atoms with Gasteiger partial charge in [-0.3, -0.25) is 24.0 Å². The van der Waals surface area contributed by atoms with Gasteiger partial charge in [0.1, 0.15) is 27.6 Å². The minimum absolute atomic E-state index is 0. The van der Waals surface area contributed by atoms with Crippen LogP contribution in [0.25, 0.3) is 0 Å². The molecule has 0 amide bonds. The fourth-order valence-corrected chi connectivity index (χ4v) is 14.0. The van der Waals surface area contributed by atoms with E-state index in [1.54, 1.807) is 14.2 Å². The topological polar surface area (TPSA) is 168 Å². The van der Waals surface area contributed by atoms with Crippen LogP contribution in [0.1, 0.15) is 324 Å². The summed E-state index contributed by atoms with van der Waals surface area (Å²) in [6.07, 6.45) is 2.45. The van der Waals surface area contributed by atoms with Crippen LogP contribution in [0.15, 0.2) is 88.9 Å². The van der Waals surface area contributed by atoms with Gasteiger partial charge < -0.3 is 42.0 Å². The van der Waals surface area contributed by atoms with E-state index < -0.39 is 28.6 Å². The van der Waals surface area contributed by atoms with Crippen LogP contribution in [0.4, 0.5) is 0 Å². The van der Waals surface area contributed by atoms with Crippen LogP contribution in [-0.4, -0.2) is 106 Å². The highest BCUT2D eigenvalue weighted by Gasteiger charge is 2.41. The molecule has 3 aromatic carbocycles. The first-order chi connectivity index (χ1) is 42.1. The van der Waals surface area contributed by atoms with Crippen LogP contribution in [0, 0.1) is 16.2 Å². The molecule has 0 saturated carbocycles. The van der Waals surface area contributed by atoms with Crippen molar-refractivity contribution in [2.75, 3.05) is 47.4 Å². The molecule has 0 unspecified atom stereocenters. The molecular formula is C88H186Cl2O14Si2. The first-order valence-electron chi connectivity index (χ1n) is 32.4. The van der Waals surface area contributed by atoms with E-state index in [4.69, 9.17) is 55.7 Å². The largest absolute Gasteiger partial charge is 0.497 e. The quantitative estimate of drug-likeness (QED) is 0.0727. The summed E-state index contributed by atoms with van der Waals surface area (Å²) < 4.78 is 47.5. The Kier molecular flexibility index (Phi) is 112. The molecule has 3 aromatic rings. The van der Waals surface area contributed by atoms with Gasteiger partial charge in [-0.1, -0.05) is 313 Å². The van der Waals surface area contributed by atoms with Crippen LogP contribution < -0.4 is 9.47 Å². The van der Waals surface area contributed by atoms with Gasteiger partial charge in [0.2, 0.25) is 6.79 Å². The number of fused-ring (bicyclic) bond motifs is 1. The van der Waals surface area contributed by atoms with Crippen molar-refractivity contribution < 1.29 is 66.0 Å². The highest BCUT2D eigenvalue weighted by molar-refractivity contribution is 6.84. The van der Waals surface area contributed by atoms with Crippen molar-refractivity contribution in [1.82, 2.24) is 0 Å². The number of rotatable bonds is 12. The van der Waals surface area contributed by atoms with Crippen LogP contribution in [0.3, 0.4) is 0 Å². The van der Waals surface area contributed by atoms with E-state index in [0.29, 0.717) is 53.6 Å². The highest BCUT2D eigenvalue weighted by Crippen LogP contribution is 2.38. The molecule has 0 bridgehead atoms. The lowest BCUT2D eigenvalue weighted by molar-refractivity contribution is -0.302. The number of halogens is 2. The first-order valence-corrected chi connectivity index (χ1v) is 39.3. The summed E-state index contributed by atoms with van der Waals surface area (Å²) in [6, 6.07) is 28.4. The SMILES string of the molecule is C.C.C.C.C.C.C.C.C.C.C.C.C.C.CC.CC(=O)CC(C)=O.CC(=O)OCOC(C)=O.CC(C)(C)C.CC(C)(C)C.CC(C)(C)c1ccccc1.CC(C)=C(Cl)Cl.CC1(C)CC(=O)c2ccccc21.CCC1OCC2(CO1)COC(CC)OC2.CC[Si](C)(C)O[Si](C)(C)CC.COc1ccc(OC)cc1. The predicted octanol–water partition coefficient (Wildman–Crippen LogP) is 29.6. The number of allylic oxidation sites excluding steroid dienone is 1. The Morgan fingerprint density at radius 2 is 0.764 bits per heavy atom. The summed E-state index contributed by atoms with van der Waals surface area (Å²) in [5.74, 6) is 0.935. The van der Waals surface area contributed by atoms with Gasteiger partial charge in [0.15, 0.2) is 35.0 Å². The maximum atomic E-state index is 11.5. The van der Waals surface area contributed by atoms with E-state index in [2.05, 4.69) is 190 Å². The molecular weight excluding hydrogens is 1410 g/mol. The molecule has 0 N–H and O–H groups in total. The number of ketones is 3. The average Bonchev–Trinajstić information content (AvgIpc) is 1.61. The van der Waals surface area contributed by atoms with Crippen molar-refractivity contribution >= 4 is 69.1 Å². The van der Waals surface area contributed by atoms with Gasteiger partial charge in [-0.05, 0) is 141 Å². The van der Waals surface area contributed by atoms with Crippen molar-refractivity contribution in [1.29, 1.82) is 0 Å². The first kappa shape index (κ1) is 151. The van der Waals surface area contributed by atoms with E-state index in [1.165, 1.54) is 50.9 Å². The number of ether oxygens (including phenoxy) is 8. The number of hydrogen-bond donors (Lipinski definition) is 0.